The van der Waals surface area contributed by atoms with E-state index in [1.807, 2.05) is 0 Å². The zero-order valence-corrected chi connectivity index (χ0v) is 37.6. The average Bonchev–Trinajstić information content (AvgIpc) is 3.78. The molecule has 4 bridgehead atoms. The fraction of sp³-hybridized carbons (Fsp3) is 0.111. The third-order valence-corrected chi connectivity index (χ3v) is 23.0. The molecule has 0 N–H and O–H groups in total. The maximum Gasteiger partial charge on any atom is -1.00 e. The van der Waals surface area contributed by atoms with Crippen molar-refractivity contribution in [2.24, 2.45) is 0 Å². The van der Waals surface area contributed by atoms with Gasteiger partial charge in [0.15, 0.2) is 0 Å². The van der Waals surface area contributed by atoms with Gasteiger partial charge in [0.05, 0.1) is 0 Å². The van der Waals surface area contributed by atoms with E-state index in [0.717, 1.165) is 12.8 Å². The van der Waals surface area contributed by atoms with Crippen molar-refractivity contribution in [3.05, 3.63) is 215 Å². The molecule has 1 aliphatic heterocycles. The van der Waals surface area contributed by atoms with Gasteiger partial charge in [-0.3, -0.25) is 0 Å². The molecule has 0 spiro atoms. The molecule has 58 heavy (non-hydrogen) atoms. The first-order valence-corrected chi connectivity index (χ1v) is 25.1. The van der Waals surface area contributed by atoms with E-state index >= 15 is 0 Å². The maximum atomic E-state index is 2.54. The van der Waals surface area contributed by atoms with E-state index in [0.29, 0.717) is 7.25 Å². The van der Waals surface area contributed by atoms with Crippen LogP contribution in [0.2, 0.25) is 0 Å². The average molecular weight is 881 g/mol. The van der Waals surface area contributed by atoms with Crippen molar-refractivity contribution in [1.29, 1.82) is 0 Å². The van der Waals surface area contributed by atoms with E-state index in [-0.39, 0.29) is 24.8 Å². The molecule has 2 atom stereocenters. The van der Waals surface area contributed by atoms with E-state index in [2.05, 4.69) is 196 Å². The molecule has 11 rings (SSSR count). The summed E-state index contributed by atoms with van der Waals surface area (Å²) < 4.78 is 1.03. The third-order valence-electron chi connectivity index (χ3n) is 13.1. The molecular weight excluding hydrogens is 839 g/mol. The Morgan fingerprint density at radius 3 is 1.19 bits per heavy atom. The molecule has 8 aromatic rings. The predicted molar refractivity (Wildman–Crippen MR) is 237 cm³/mol. The van der Waals surface area contributed by atoms with Gasteiger partial charge >= 0.3 is 345 Å². The molecule has 3 aliphatic rings. The van der Waals surface area contributed by atoms with Gasteiger partial charge in [0, 0.05) is 0 Å². The summed E-state index contributed by atoms with van der Waals surface area (Å²) in [5.41, 5.74) is 15.3. The van der Waals surface area contributed by atoms with Crippen LogP contribution in [0.3, 0.4) is 0 Å². The van der Waals surface area contributed by atoms with Crippen molar-refractivity contribution in [3.63, 3.8) is 0 Å². The van der Waals surface area contributed by atoms with Crippen LogP contribution in [0.4, 0.5) is 0 Å². The van der Waals surface area contributed by atoms with E-state index in [4.69, 9.17) is 0 Å². The number of rotatable bonds is 6. The number of hydrogen-bond donors (Lipinski definition) is 0. The summed E-state index contributed by atoms with van der Waals surface area (Å²) >= 11 is -1.16. The van der Waals surface area contributed by atoms with E-state index < -0.39 is 31.3 Å². The Kier molecular flexibility index (Phi) is 10.4. The molecule has 0 saturated carbocycles. The Hall–Kier alpha value is -4.56. The standard InChI is InChI=1S/C54H42Si.2ClH.Zr/c1-3-37-35-41-23-17-33-49(47-31-15-21-39-19-11-13-29-45(39)47)51(41)53(37)55(43-25-7-5-8-26-43,44-27-9-6-10-28-44)54-38(4-2)36-42-24-18-34-50(52(42)54)48-32-16-22-40-20-12-14-30-46(40)48;;;/h5-36H,3-4H2,1-2H3;2*1H;/q;;;+2/p-2. The van der Waals surface area contributed by atoms with Crippen molar-refractivity contribution in [1.82, 2.24) is 0 Å². The molecule has 4 heteroatoms. The van der Waals surface area contributed by atoms with Crippen LogP contribution in [0.15, 0.2) is 193 Å². The van der Waals surface area contributed by atoms with Gasteiger partial charge in [-0.25, -0.2) is 0 Å². The van der Waals surface area contributed by atoms with Crippen LogP contribution in [-0.4, -0.2) is 8.07 Å². The van der Waals surface area contributed by atoms with Gasteiger partial charge in [-0.15, -0.1) is 0 Å². The van der Waals surface area contributed by atoms with E-state index in [1.54, 1.807) is 43.8 Å². The maximum absolute atomic E-state index is 3.04. The second kappa shape index (κ2) is 15.6. The molecular formula is C54H42Cl2SiZr. The van der Waals surface area contributed by atoms with E-state index in [9.17, 15) is 0 Å². The molecule has 0 amide bonds. The molecule has 2 aliphatic carbocycles. The quantitative estimate of drug-likeness (QED) is 0.160. The number of halogens is 2. The van der Waals surface area contributed by atoms with Crippen LogP contribution in [0.1, 0.15) is 56.2 Å². The Balaban J connectivity index is 0.00000218. The summed E-state index contributed by atoms with van der Waals surface area (Å²) in [6, 6.07) is 70.3. The largest absolute Gasteiger partial charge is 1.00 e. The van der Waals surface area contributed by atoms with Gasteiger partial charge in [0.1, 0.15) is 0 Å². The fourth-order valence-electron chi connectivity index (χ4n) is 10.9. The smallest absolute Gasteiger partial charge is 1.00 e. The van der Waals surface area contributed by atoms with E-state index in [1.165, 1.54) is 54.2 Å². The van der Waals surface area contributed by atoms with Gasteiger partial charge in [-0.1, -0.05) is 0 Å². The summed E-state index contributed by atoms with van der Waals surface area (Å²) in [5, 5.41) is 11.6. The Bertz CT molecular complexity index is 2720. The zero-order valence-electron chi connectivity index (χ0n) is 32.6. The SMILES string of the molecule is CCC1=C2c3c(-c4cccc5ccccc45)cccc3[CH]1[Zr+2][CH]1C(CC)=C(c3c(-c4cccc5ccccc45)cccc31)[Si]2(c1ccccc1)c1ccccc1.[Cl-].[Cl-]. The van der Waals surface area contributed by atoms with Crippen molar-refractivity contribution in [2.45, 2.75) is 33.9 Å². The third kappa shape index (κ3) is 5.56. The Morgan fingerprint density at radius 1 is 0.397 bits per heavy atom. The van der Waals surface area contributed by atoms with Crippen molar-refractivity contribution < 1.29 is 48.0 Å². The normalized spacial score (nSPS) is 17.0. The van der Waals surface area contributed by atoms with Gasteiger partial charge in [0.2, 0.25) is 0 Å². The predicted octanol–water partition coefficient (Wildman–Crippen LogP) is 6.91. The van der Waals surface area contributed by atoms with Crippen molar-refractivity contribution in [3.8, 4) is 22.3 Å². The number of allylic oxidation sites excluding steroid dienone is 2. The van der Waals surface area contributed by atoms with Crippen LogP contribution < -0.4 is 35.2 Å². The molecule has 280 valence electrons. The minimum absolute atomic E-state index is 0. The second-order valence-corrected chi connectivity index (χ2v) is 22.9. The first kappa shape index (κ1) is 38.9. The molecule has 2 unspecified atom stereocenters. The monoisotopic (exact) mass is 878 g/mol. The zero-order chi connectivity index (χ0) is 37.4. The molecule has 8 aromatic carbocycles. The first-order valence-electron chi connectivity index (χ1n) is 20.3. The van der Waals surface area contributed by atoms with Crippen LogP contribution >= 0.6 is 0 Å². The summed E-state index contributed by atoms with van der Waals surface area (Å²) in [4.78, 5) is 0. The first-order chi connectivity index (χ1) is 27.7. The minimum Gasteiger partial charge on any atom is -1.00 e. The van der Waals surface area contributed by atoms with Crippen LogP contribution in [0.5, 0.6) is 0 Å². The van der Waals surface area contributed by atoms with Gasteiger partial charge in [0.25, 0.3) is 0 Å². The van der Waals surface area contributed by atoms with Gasteiger partial charge in [-0.2, -0.15) is 0 Å². The topological polar surface area (TPSA) is 0 Å². The van der Waals surface area contributed by atoms with Crippen LogP contribution in [0, 0.1) is 0 Å². The van der Waals surface area contributed by atoms with Crippen LogP contribution in [0.25, 0.3) is 54.2 Å². The van der Waals surface area contributed by atoms with Crippen molar-refractivity contribution >= 4 is 50.4 Å². The summed E-state index contributed by atoms with van der Waals surface area (Å²) in [7, 11) is -3.04. The van der Waals surface area contributed by atoms with Gasteiger partial charge < -0.3 is 24.8 Å². The molecule has 0 nitrogen and oxygen atoms in total. The molecule has 0 saturated heterocycles. The number of fused-ring (bicyclic) bond motifs is 10. The molecule has 0 fully saturated rings. The van der Waals surface area contributed by atoms with Crippen LogP contribution in [-0.2, 0) is 23.2 Å². The summed E-state index contributed by atoms with van der Waals surface area (Å²) in [5.74, 6) is 0. The summed E-state index contributed by atoms with van der Waals surface area (Å²) in [6.07, 6.45) is 2.15. The van der Waals surface area contributed by atoms with Gasteiger partial charge in [-0.05, 0) is 0 Å². The number of hydrogen-bond acceptors (Lipinski definition) is 0. The van der Waals surface area contributed by atoms with Crippen molar-refractivity contribution in [2.75, 3.05) is 0 Å². The number of benzene rings is 8. The fourth-order valence-corrected chi connectivity index (χ4v) is 23.3. The minimum atomic E-state index is -3.04. The Labute approximate surface area is 367 Å². The molecule has 0 aromatic heterocycles. The molecule has 0 radical (unpaired) electrons. The Morgan fingerprint density at radius 2 is 0.759 bits per heavy atom. The summed E-state index contributed by atoms with van der Waals surface area (Å²) in [6.45, 7) is 4.93. The molecule has 1 heterocycles. The second-order valence-electron chi connectivity index (χ2n) is 15.6.